The summed E-state index contributed by atoms with van der Waals surface area (Å²) in [5, 5.41) is 0. The van der Waals surface area contributed by atoms with Crippen molar-refractivity contribution in [2.75, 3.05) is 0 Å². The maximum atomic E-state index is 12.2. The Morgan fingerprint density at radius 2 is 0.742 bits per heavy atom. The van der Waals surface area contributed by atoms with Crippen LogP contribution in [0.2, 0.25) is 0 Å². The number of aryl methyl sites for hydroxylation is 9. The van der Waals surface area contributed by atoms with E-state index in [2.05, 4.69) is 105 Å². The summed E-state index contributed by atoms with van der Waals surface area (Å²) in [6, 6.07) is 13.4. The molecule has 0 atom stereocenters. The molecular formula is C28H33GeNO. The summed E-state index contributed by atoms with van der Waals surface area (Å²) in [6.45, 7) is 19.4. The fourth-order valence-electron chi connectivity index (χ4n) is 5.86. The minimum absolute atomic E-state index is 1.22. The average Bonchev–Trinajstić information content (AvgIpc) is 2.58. The first-order valence-electron chi connectivity index (χ1n) is 10.9. The molecule has 2 nitrogen and oxygen atoms in total. The van der Waals surface area contributed by atoms with Gasteiger partial charge in [-0.1, -0.05) is 0 Å². The Bertz CT molecular complexity index is 1020. The van der Waals surface area contributed by atoms with Crippen molar-refractivity contribution < 1.29 is 4.79 Å². The second-order valence-corrected chi connectivity index (χ2v) is 15.8. The molecule has 0 bridgehead atoms. The van der Waals surface area contributed by atoms with Gasteiger partial charge < -0.3 is 0 Å². The van der Waals surface area contributed by atoms with Gasteiger partial charge in [0.05, 0.1) is 0 Å². The van der Waals surface area contributed by atoms with Gasteiger partial charge in [-0.3, -0.25) is 0 Å². The van der Waals surface area contributed by atoms with Crippen molar-refractivity contribution in [1.82, 2.24) is 0 Å². The number of isocyanates is 1. The molecule has 0 aliphatic rings. The van der Waals surface area contributed by atoms with Crippen molar-refractivity contribution in [3.8, 4) is 0 Å². The van der Waals surface area contributed by atoms with Crippen molar-refractivity contribution >= 4 is 32.8 Å². The normalized spacial score (nSPS) is 11.4. The van der Waals surface area contributed by atoms with E-state index < -0.39 is 13.5 Å². The van der Waals surface area contributed by atoms with Gasteiger partial charge in [-0.15, -0.1) is 0 Å². The Morgan fingerprint density at radius 3 is 0.935 bits per heavy atom. The number of hydrogen-bond donors (Lipinski definition) is 0. The van der Waals surface area contributed by atoms with E-state index >= 15 is 0 Å². The van der Waals surface area contributed by atoms with Gasteiger partial charge in [-0.05, 0) is 0 Å². The first-order chi connectivity index (χ1) is 14.5. The quantitative estimate of drug-likeness (QED) is 0.306. The maximum absolute atomic E-state index is 12.2. The third-order valence-electron chi connectivity index (χ3n) is 6.33. The van der Waals surface area contributed by atoms with Gasteiger partial charge in [0.25, 0.3) is 0 Å². The topological polar surface area (TPSA) is 29.4 Å². The zero-order chi connectivity index (χ0) is 23.1. The van der Waals surface area contributed by atoms with Gasteiger partial charge in [-0.25, -0.2) is 0 Å². The van der Waals surface area contributed by atoms with E-state index in [1.54, 1.807) is 0 Å². The molecule has 3 rings (SSSR count). The molecule has 31 heavy (non-hydrogen) atoms. The van der Waals surface area contributed by atoms with Crippen LogP contribution in [0.15, 0.2) is 40.3 Å². The SMILES string of the molecule is Cc1cc(C)[c]([Ge]([N]=C=O)([c]2c(C)cc(C)cc2C)[c]2c(C)cc(C)cc2C)c(C)c1. The Kier molecular flexibility index (Phi) is 6.46. The van der Waals surface area contributed by atoms with Crippen LogP contribution in [-0.2, 0) is 4.79 Å². The monoisotopic (exact) mass is 473 g/mol. The van der Waals surface area contributed by atoms with E-state index in [1.165, 1.54) is 63.3 Å². The predicted octanol–water partition coefficient (Wildman–Crippen LogP) is 4.77. The van der Waals surface area contributed by atoms with Crippen LogP contribution in [0.1, 0.15) is 50.1 Å². The van der Waals surface area contributed by atoms with Crippen LogP contribution in [0.4, 0.5) is 0 Å². The molecule has 0 unspecified atom stereocenters. The van der Waals surface area contributed by atoms with E-state index in [-0.39, 0.29) is 0 Å². The summed E-state index contributed by atoms with van der Waals surface area (Å²) in [5.41, 5.74) is 11.0. The molecule has 0 saturated carbocycles. The zero-order valence-corrected chi connectivity index (χ0v) is 22.4. The van der Waals surface area contributed by atoms with Gasteiger partial charge in [0, 0.05) is 0 Å². The van der Waals surface area contributed by atoms with E-state index in [9.17, 15) is 4.79 Å². The first-order valence-corrected chi connectivity index (χ1v) is 15.0. The van der Waals surface area contributed by atoms with Crippen molar-refractivity contribution in [3.63, 3.8) is 0 Å². The summed E-state index contributed by atoms with van der Waals surface area (Å²) in [6.07, 6.45) is 2.07. The van der Waals surface area contributed by atoms with Crippen LogP contribution in [-0.4, -0.2) is 19.6 Å². The van der Waals surface area contributed by atoms with Gasteiger partial charge >= 0.3 is 190 Å². The second-order valence-electron chi connectivity index (χ2n) is 9.23. The van der Waals surface area contributed by atoms with Crippen LogP contribution >= 0.6 is 0 Å². The van der Waals surface area contributed by atoms with Crippen LogP contribution in [0.3, 0.4) is 0 Å². The average molecular weight is 472 g/mol. The van der Waals surface area contributed by atoms with Crippen LogP contribution < -0.4 is 13.2 Å². The number of hydrogen-bond acceptors (Lipinski definition) is 2. The molecule has 3 aromatic carbocycles. The number of carbonyl (C=O) groups excluding carboxylic acids is 1. The fraction of sp³-hybridized carbons (Fsp3) is 0.321. The summed E-state index contributed by atoms with van der Waals surface area (Å²) in [5.74, 6) is 0. The Morgan fingerprint density at radius 1 is 0.516 bits per heavy atom. The molecule has 0 fully saturated rings. The van der Waals surface area contributed by atoms with E-state index in [1.807, 2.05) is 0 Å². The van der Waals surface area contributed by atoms with Crippen molar-refractivity contribution in [1.29, 1.82) is 0 Å². The number of nitrogens with zero attached hydrogens (tertiary/aromatic N) is 1. The van der Waals surface area contributed by atoms with Gasteiger partial charge in [0.15, 0.2) is 0 Å². The third kappa shape index (κ3) is 3.95. The molecule has 0 aliphatic carbocycles. The van der Waals surface area contributed by atoms with Crippen LogP contribution in [0.5, 0.6) is 0 Å². The molecule has 0 N–H and O–H groups in total. The molecule has 0 amide bonds. The number of rotatable bonds is 4. The predicted molar refractivity (Wildman–Crippen MR) is 135 cm³/mol. The molecule has 160 valence electrons. The second kappa shape index (κ2) is 8.61. The molecule has 0 spiro atoms. The minimum atomic E-state index is -3.80. The fourth-order valence-corrected chi connectivity index (χ4v) is 16.5. The Balaban J connectivity index is 2.68. The Hall–Kier alpha value is -2.42. The zero-order valence-electron chi connectivity index (χ0n) is 20.3. The first kappa shape index (κ1) is 23.3. The molecule has 3 heteroatoms. The molecule has 0 radical (unpaired) electrons. The molecule has 0 aromatic heterocycles. The molecule has 0 heterocycles. The molecule has 0 saturated heterocycles. The standard InChI is InChI=1S/C28H33GeNO/c1-17-10-20(4)26(21(5)11-17)29(30-16-31,27-22(6)12-18(2)13-23(27)7)28-24(8)14-19(3)15-25(28)9/h10-15H,1-9H3. The molecular weight excluding hydrogens is 439 g/mol. The van der Waals surface area contributed by atoms with Gasteiger partial charge in [-0.2, -0.15) is 0 Å². The summed E-state index contributed by atoms with van der Waals surface area (Å²) < 4.78 is 8.69. The van der Waals surface area contributed by atoms with Gasteiger partial charge in [0.2, 0.25) is 0 Å². The van der Waals surface area contributed by atoms with E-state index in [0.717, 1.165) is 0 Å². The van der Waals surface area contributed by atoms with Crippen molar-refractivity contribution in [2.24, 2.45) is 3.95 Å². The summed E-state index contributed by atoms with van der Waals surface area (Å²) >= 11 is -3.80. The number of benzene rings is 3. The van der Waals surface area contributed by atoms with Crippen LogP contribution in [0.25, 0.3) is 0 Å². The van der Waals surface area contributed by atoms with Crippen molar-refractivity contribution in [3.05, 3.63) is 86.5 Å². The summed E-state index contributed by atoms with van der Waals surface area (Å²) in [7, 11) is 0. The molecule has 0 aliphatic heterocycles. The van der Waals surface area contributed by atoms with E-state index in [4.69, 9.17) is 3.95 Å². The molecule has 3 aromatic rings. The van der Waals surface area contributed by atoms with Crippen LogP contribution in [0, 0.1) is 62.3 Å². The third-order valence-corrected chi connectivity index (χ3v) is 16.7. The van der Waals surface area contributed by atoms with Gasteiger partial charge in [0.1, 0.15) is 0 Å². The summed E-state index contributed by atoms with van der Waals surface area (Å²) in [4.78, 5) is 12.2. The Labute approximate surface area is 190 Å². The van der Waals surface area contributed by atoms with Crippen molar-refractivity contribution in [2.45, 2.75) is 62.3 Å². The van der Waals surface area contributed by atoms with E-state index in [0.29, 0.717) is 0 Å².